The van der Waals surface area contributed by atoms with Gasteiger partial charge in [-0.2, -0.15) is 4.39 Å². The first-order chi connectivity index (χ1) is 8.56. The Bertz CT molecular complexity index is 599. The molecule has 0 saturated heterocycles. The summed E-state index contributed by atoms with van der Waals surface area (Å²) in [6.07, 6.45) is 0. The van der Waals surface area contributed by atoms with Gasteiger partial charge < -0.3 is 5.32 Å². The first-order valence-electron chi connectivity index (χ1n) is 5.26. The van der Waals surface area contributed by atoms with Gasteiger partial charge in [-0.1, -0.05) is 6.07 Å². The van der Waals surface area contributed by atoms with E-state index in [0.29, 0.717) is 11.1 Å². The standard InChI is InChI=1S/C13H10F2N2O/c1-8-7-9(5-6-10(8)14)13(18)17-12-4-2-3-11(15)16-12/h2-7H,1H3,(H,16,17,18). The van der Waals surface area contributed by atoms with Crippen molar-refractivity contribution in [2.75, 3.05) is 5.32 Å². The molecule has 1 amide bonds. The number of carbonyl (C=O) groups is 1. The SMILES string of the molecule is Cc1cc(C(=O)Nc2cccc(F)n2)ccc1F. The lowest BCUT2D eigenvalue weighted by molar-refractivity contribution is 0.102. The second-order valence-electron chi connectivity index (χ2n) is 3.76. The maximum absolute atomic E-state index is 13.0. The highest BCUT2D eigenvalue weighted by Gasteiger charge is 2.09. The third-order valence-electron chi connectivity index (χ3n) is 2.38. The second-order valence-corrected chi connectivity index (χ2v) is 3.76. The summed E-state index contributed by atoms with van der Waals surface area (Å²) < 4.78 is 25.9. The zero-order valence-corrected chi connectivity index (χ0v) is 9.58. The molecule has 2 aromatic rings. The number of rotatable bonds is 2. The fraction of sp³-hybridized carbons (Fsp3) is 0.0769. The first kappa shape index (κ1) is 12.2. The zero-order chi connectivity index (χ0) is 13.1. The molecule has 5 heteroatoms. The summed E-state index contributed by atoms with van der Waals surface area (Å²) >= 11 is 0. The van der Waals surface area contributed by atoms with Crippen molar-refractivity contribution in [3.63, 3.8) is 0 Å². The van der Waals surface area contributed by atoms with Crippen LogP contribution >= 0.6 is 0 Å². The molecule has 2 rings (SSSR count). The molecule has 92 valence electrons. The van der Waals surface area contributed by atoms with E-state index in [1.165, 1.54) is 36.4 Å². The predicted octanol–water partition coefficient (Wildman–Crippen LogP) is 2.92. The molecule has 1 aromatic carbocycles. The van der Waals surface area contributed by atoms with Crippen LogP contribution in [0.1, 0.15) is 15.9 Å². The molecule has 0 unspecified atom stereocenters. The number of benzene rings is 1. The Labute approximate surface area is 102 Å². The quantitative estimate of drug-likeness (QED) is 0.830. The number of anilines is 1. The molecule has 0 aliphatic rings. The number of carbonyl (C=O) groups excluding carboxylic acids is 1. The van der Waals surface area contributed by atoms with Crippen LogP contribution in [0, 0.1) is 18.7 Å². The lowest BCUT2D eigenvalue weighted by Gasteiger charge is -2.05. The lowest BCUT2D eigenvalue weighted by atomic mass is 10.1. The largest absolute Gasteiger partial charge is 0.306 e. The van der Waals surface area contributed by atoms with Crippen LogP contribution in [0.4, 0.5) is 14.6 Å². The van der Waals surface area contributed by atoms with E-state index in [0.717, 1.165) is 0 Å². The Morgan fingerprint density at radius 3 is 2.67 bits per heavy atom. The summed E-state index contributed by atoms with van der Waals surface area (Å²) in [5, 5.41) is 2.43. The molecule has 18 heavy (non-hydrogen) atoms. The van der Waals surface area contributed by atoms with Gasteiger partial charge in [-0.3, -0.25) is 4.79 Å². The van der Waals surface area contributed by atoms with Crippen molar-refractivity contribution in [2.24, 2.45) is 0 Å². The van der Waals surface area contributed by atoms with Gasteiger partial charge in [0.05, 0.1) is 0 Å². The fourth-order valence-electron chi connectivity index (χ4n) is 1.45. The molecule has 3 nitrogen and oxygen atoms in total. The predicted molar refractivity (Wildman–Crippen MR) is 63.3 cm³/mol. The average Bonchev–Trinajstić information content (AvgIpc) is 2.32. The topological polar surface area (TPSA) is 42.0 Å². The van der Waals surface area contributed by atoms with Gasteiger partial charge in [-0.25, -0.2) is 9.37 Å². The van der Waals surface area contributed by atoms with Gasteiger partial charge in [-0.05, 0) is 42.8 Å². The normalized spacial score (nSPS) is 10.2. The van der Waals surface area contributed by atoms with Crippen LogP contribution in [0.25, 0.3) is 0 Å². The van der Waals surface area contributed by atoms with Crippen molar-refractivity contribution >= 4 is 11.7 Å². The van der Waals surface area contributed by atoms with E-state index in [9.17, 15) is 13.6 Å². The average molecular weight is 248 g/mol. The van der Waals surface area contributed by atoms with Gasteiger partial charge in [0.15, 0.2) is 0 Å². The maximum Gasteiger partial charge on any atom is 0.256 e. The van der Waals surface area contributed by atoms with Crippen molar-refractivity contribution in [3.8, 4) is 0 Å². The molecular weight excluding hydrogens is 238 g/mol. The number of amides is 1. The lowest BCUT2D eigenvalue weighted by Crippen LogP contribution is -2.13. The van der Waals surface area contributed by atoms with E-state index >= 15 is 0 Å². The van der Waals surface area contributed by atoms with Crippen molar-refractivity contribution in [1.29, 1.82) is 0 Å². The Hall–Kier alpha value is -2.30. The number of pyridine rings is 1. The third kappa shape index (κ3) is 2.68. The number of aryl methyl sites for hydroxylation is 1. The molecule has 0 aliphatic carbocycles. The zero-order valence-electron chi connectivity index (χ0n) is 9.58. The van der Waals surface area contributed by atoms with Crippen LogP contribution in [0.2, 0.25) is 0 Å². The smallest absolute Gasteiger partial charge is 0.256 e. The second kappa shape index (κ2) is 4.91. The van der Waals surface area contributed by atoms with E-state index < -0.39 is 11.9 Å². The fourth-order valence-corrected chi connectivity index (χ4v) is 1.45. The third-order valence-corrected chi connectivity index (χ3v) is 2.38. The van der Waals surface area contributed by atoms with Gasteiger partial charge in [-0.15, -0.1) is 0 Å². The van der Waals surface area contributed by atoms with Crippen molar-refractivity contribution in [2.45, 2.75) is 6.92 Å². The Morgan fingerprint density at radius 1 is 1.22 bits per heavy atom. The monoisotopic (exact) mass is 248 g/mol. The summed E-state index contributed by atoms with van der Waals surface area (Å²) in [5.41, 5.74) is 0.662. The van der Waals surface area contributed by atoms with Gasteiger partial charge in [0, 0.05) is 5.56 Å². The molecule has 1 heterocycles. The summed E-state index contributed by atoms with van der Waals surface area (Å²) in [6.45, 7) is 1.56. The maximum atomic E-state index is 13.0. The Balaban J connectivity index is 2.19. The summed E-state index contributed by atoms with van der Waals surface area (Å²) in [7, 11) is 0. The van der Waals surface area contributed by atoms with Crippen LogP contribution in [0.15, 0.2) is 36.4 Å². The molecule has 0 fully saturated rings. The molecule has 0 bridgehead atoms. The van der Waals surface area contributed by atoms with E-state index in [-0.39, 0.29) is 11.6 Å². The Kier molecular flexibility index (Phi) is 3.32. The minimum absolute atomic E-state index is 0.113. The van der Waals surface area contributed by atoms with E-state index in [1.807, 2.05) is 0 Å². The molecule has 0 spiro atoms. The summed E-state index contributed by atoms with van der Waals surface area (Å²) in [5.74, 6) is -1.41. The van der Waals surface area contributed by atoms with E-state index in [4.69, 9.17) is 0 Å². The Morgan fingerprint density at radius 2 is 2.00 bits per heavy atom. The molecule has 1 N–H and O–H groups in total. The van der Waals surface area contributed by atoms with Crippen molar-refractivity contribution in [3.05, 3.63) is 59.3 Å². The minimum atomic E-state index is -0.678. The number of nitrogens with one attached hydrogen (secondary N) is 1. The number of nitrogens with zero attached hydrogens (tertiary/aromatic N) is 1. The van der Waals surface area contributed by atoms with Crippen LogP contribution in [-0.2, 0) is 0 Å². The van der Waals surface area contributed by atoms with E-state index in [2.05, 4.69) is 10.3 Å². The summed E-state index contributed by atoms with van der Waals surface area (Å²) in [6, 6.07) is 8.08. The highest BCUT2D eigenvalue weighted by molar-refractivity contribution is 6.03. The molecular formula is C13H10F2N2O. The summed E-state index contributed by atoms with van der Waals surface area (Å²) in [4.78, 5) is 15.3. The van der Waals surface area contributed by atoms with E-state index in [1.54, 1.807) is 6.92 Å². The van der Waals surface area contributed by atoms with Crippen molar-refractivity contribution < 1.29 is 13.6 Å². The number of halogens is 2. The number of hydrogen-bond acceptors (Lipinski definition) is 2. The van der Waals surface area contributed by atoms with Gasteiger partial charge in [0.2, 0.25) is 5.95 Å². The highest BCUT2D eigenvalue weighted by Crippen LogP contribution is 2.11. The number of aromatic nitrogens is 1. The molecule has 0 atom stereocenters. The highest BCUT2D eigenvalue weighted by atomic mass is 19.1. The van der Waals surface area contributed by atoms with Crippen LogP contribution < -0.4 is 5.32 Å². The van der Waals surface area contributed by atoms with Gasteiger partial charge in [0.1, 0.15) is 11.6 Å². The minimum Gasteiger partial charge on any atom is -0.306 e. The van der Waals surface area contributed by atoms with Crippen molar-refractivity contribution in [1.82, 2.24) is 4.98 Å². The van der Waals surface area contributed by atoms with Crippen LogP contribution in [-0.4, -0.2) is 10.9 Å². The van der Waals surface area contributed by atoms with Crippen LogP contribution in [0.3, 0.4) is 0 Å². The first-order valence-corrected chi connectivity index (χ1v) is 5.26. The van der Waals surface area contributed by atoms with Gasteiger partial charge in [0.25, 0.3) is 5.91 Å². The molecule has 0 radical (unpaired) electrons. The number of hydrogen-bond donors (Lipinski definition) is 1. The molecule has 1 aromatic heterocycles. The van der Waals surface area contributed by atoms with Gasteiger partial charge >= 0.3 is 0 Å². The van der Waals surface area contributed by atoms with Crippen LogP contribution in [0.5, 0.6) is 0 Å². The molecule has 0 saturated carbocycles. The molecule has 0 aliphatic heterocycles.